The molecule has 1 N–H and O–H groups in total. The Bertz CT molecular complexity index is 1230. The Morgan fingerprint density at radius 1 is 0.917 bits per heavy atom. The topological polar surface area (TPSA) is 35.1 Å². The summed E-state index contributed by atoms with van der Waals surface area (Å²) in [6, 6.07) is 31.0. The Hall–Kier alpha value is -1.90. The van der Waals surface area contributed by atoms with Crippen LogP contribution in [0, 0.1) is 12.3 Å². The van der Waals surface area contributed by atoms with Gasteiger partial charge in [-0.1, -0.05) is 111 Å². The molecule has 188 valence electrons. The van der Waals surface area contributed by atoms with Crippen molar-refractivity contribution in [1.29, 1.82) is 0 Å². The summed E-state index contributed by atoms with van der Waals surface area (Å²) >= 11 is -1.18. The van der Waals surface area contributed by atoms with E-state index in [0.29, 0.717) is 11.6 Å². The molecule has 0 radical (unpaired) electrons. The van der Waals surface area contributed by atoms with Gasteiger partial charge in [0.2, 0.25) is 0 Å². The number of rotatable bonds is 6. The zero-order chi connectivity index (χ0) is 25.7. The van der Waals surface area contributed by atoms with Crippen molar-refractivity contribution < 1.29 is 4.55 Å². The summed E-state index contributed by atoms with van der Waals surface area (Å²) in [4.78, 5) is 0. The number of fused-ring (bicyclic) bond motifs is 2. The maximum absolute atomic E-state index is 13.6. The molecule has 2 bridgehead atoms. The molecule has 0 saturated carbocycles. The summed E-state index contributed by atoms with van der Waals surface area (Å²) in [6.07, 6.45) is 1.19. The molecule has 6 atom stereocenters. The molecule has 36 heavy (non-hydrogen) atoms. The maximum atomic E-state index is 13.6. The lowest BCUT2D eigenvalue weighted by Crippen LogP contribution is -2.46. The molecule has 0 amide bonds. The van der Waals surface area contributed by atoms with Crippen LogP contribution in [0.5, 0.6) is 0 Å². The predicted molar refractivity (Wildman–Crippen MR) is 157 cm³/mol. The number of hydrogen-bond acceptors (Lipinski definition) is 2. The first kappa shape index (κ1) is 25.7. The van der Waals surface area contributed by atoms with E-state index in [1.54, 1.807) is 10.9 Å². The van der Waals surface area contributed by atoms with E-state index >= 15 is 0 Å². The van der Waals surface area contributed by atoms with Crippen molar-refractivity contribution >= 4 is 24.6 Å². The van der Waals surface area contributed by atoms with Gasteiger partial charge in [0.15, 0.2) is 0 Å². The van der Waals surface area contributed by atoms with E-state index < -0.39 is 19.3 Å². The Morgan fingerprint density at radius 3 is 2.08 bits per heavy atom. The fourth-order valence-corrected chi connectivity index (χ4v) is 11.6. The molecule has 3 aromatic rings. The molecule has 1 fully saturated rings. The summed E-state index contributed by atoms with van der Waals surface area (Å²) < 4.78 is 17.0. The highest BCUT2D eigenvalue weighted by Gasteiger charge is 2.61. The van der Waals surface area contributed by atoms with Gasteiger partial charge < -0.3 is 4.55 Å². The van der Waals surface area contributed by atoms with E-state index in [1.807, 2.05) is 0 Å². The molecule has 2 nitrogen and oxygen atoms in total. The minimum absolute atomic E-state index is 0.00983. The third-order valence-corrected chi connectivity index (χ3v) is 13.2. The van der Waals surface area contributed by atoms with Gasteiger partial charge in [0.25, 0.3) is 0 Å². The molecule has 2 unspecified atom stereocenters. The van der Waals surface area contributed by atoms with Gasteiger partial charge in [-0.2, -0.15) is 0 Å². The third kappa shape index (κ3) is 4.50. The van der Waals surface area contributed by atoms with Crippen LogP contribution < -0.4 is 4.72 Å². The first-order valence-electron chi connectivity index (χ1n) is 12.9. The Morgan fingerprint density at radius 2 is 1.50 bits per heavy atom. The number of aryl methyl sites for hydroxylation is 1. The predicted octanol–water partition coefficient (Wildman–Crippen LogP) is 8.19. The smallest absolute Gasteiger partial charge is 0.136 e. The van der Waals surface area contributed by atoms with Crippen LogP contribution in [-0.2, 0) is 11.4 Å². The molecule has 2 heterocycles. The quantitative estimate of drug-likeness (QED) is 0.265. The molecule has 4 heteroatoms. The second-order valence-electron chi connectivity index (χ2n) is 11.7. The molecule has 3 aromatic carbocycles. The average molecular weight is 516 g/mol. The van der Waals surface area contributed by atoms with Crippen molar-refractivity contribution in [2.45, 2.75) is 63.9 Å². The molecule has 2 aliphatic heterocycles. The lowest BCUT2D eigenvalue weighted by Gasteiger charge is -2.43. The highest BCUT2D eigenvalue weighted by atomic mass is 32.2. The van der Waals surface area contributed by atoms with E-state index in [0.717, 1.165) is 0 Å². The van der Waals surface area contributed by atoms with Gasteiger partial charge in [0, 0.05) is 28.4 Å². The second-order valence-corrected chi connectivity index (χ2v) is 15.9. The number of hydrogen-bond donors (Lipinski definition) is 1. The molecule has 5 rings (SSSR count). The van der Waals surface area contributed by atoms with Crippen molar-refractivity contribution in [3.05, 3.63) is 113 Å². The zero-order valence-corrected chi connectivity index (χ0v) is 24.0. The van der Waals surface area contributed by atoms with Crippen LogP contribution in [0.25, 0.3) is 5.31 Å². The standard InChI is InChI=1S/C32H38NOPS/c1-22-17-19-25(20-18-22)28(33-36(34)31(3,4)5)30-27(24-13-9-7-10-14-24)32(6)21-35(30)29(23(32)2)26-15-11-8-12-16-26/h7-20,27-28,30,33H,21H2,1-6H3/t27-,28+,30?,32+,35-,36?/m1/s1. The van der Waals surface area contributed by atoms with Crippen molar-refractivity contribution in [2.24, 2.45) is 5.41 Å². The van der Waals surface area contributed by atoms with Gasteiger partial charge in [0.05, 0.1) is 6.04 Å². The largest absolute Gasteiger partial charge is 0.598 e. The lowest BCUT2D eigenvalue weighted by molar-refractivity contribution is 0.345. The zero-order valence-electron chi connectivity index (χ0n) is 22.3. The molecule has 1 saturated heterocycles. The van der Waals surface area contributed by atoms with Crippen LogP contribution in [0.3, 0.4) is 0 Å². The number of benzene rings is 3. The van der Waals surface area contributed by atoms with Gasteiger partial charge in [-0.3, -0.25) is 0 Å². The minimum Gasteiger partial charge on any atom is -0.598 e. The monoisotopic (exact) mass is 515 g/mol. The van der Waals surface area contributed by atoms with E-state index in [9.17, 15) is 4.55 Å². The molecule has 2 aliphatic rings. The van der Waals surface area contributed by atoms with Crippen LogP contribution in [0.15, 0.2) is 90.5 Å². The van der Waals surface area contributed by atoms with Crippen molar-refractivity contribution in [2.75, 3.05) is 6.16 Å². The third-order valence-electron chi connectivity index (χ3n) is 8.16. The van der Waals surface area contributed by atoms with Gasteiger partial charge >= 0.3 is 0 Å². The highest BCUT2D eigenvalue weighted by Crippen LogP contribution is 2.80. The Balaban J connectivity index is 1.69. The van der Waals surface area contributed by atoms with Crippen molar-refractivity contribution in [3.63, 3.8) is 0 Å². The maximum Gasteiger partial charge on any atom is 0.136 e. The first-order chi connectivity index (χ1) is 17.1. The van der Waals surface area contributed by atoms with Crippen molar-refractivity contribution in [1.82, 2.24) is 4.72 Å². The summed E-state index contributed by atoms with van der Waals surface area (Å²) in [5.41, 5.74) is 7.23. The number of nitrogens with one attached hydrogen (secondary N) is 1. The van der Waals surface area contributed by atoms with Gasteiger partial charge in [0.1, 0.15) is 4.75 Å². The summed E-state index contributed by atoms with van der Waals surface area (Å²) in [5.74, 6) is 0.369. The normalized spacial score (nSPS) is 27.4. The van der Waals surface area contributed by atoms with Gasteiger partial charge in [-0.25, -0.2) is 0 Å². The number of allylic oxidation sites excluding steroid dienone is 1. The van der Waals surface area contributed by atoms with Crippen LogP contribution in [-0.4, -0.2) is 21.1 Å². The molecule has 0 aromatic heterocycles. The van der Waals surface area contributed by atoms with Gasteiger partial charge in [-0.15, -0.1) is 4.72 Å². The van der Waals surface area contributed by atoms with E-state index in [4.69, 9.17) is 0 Å². The minimum atomic E-state index is -1.18. The molecule has 0 aliphatic carbocycles. The summed E-state index contributed by atoms with van der Waals surface area (Å²) in [6.45, 7) is 13.2. The highest BCUT2D eigenvalue weighted by molar-refractivity contribution is 7.90. The Labute approximate surface area is 221 Å². The first-order valence-corrected chi connectivity index (χ1v) is 15.7. The Kier molecular flexibility index (Phi) is 6.98. The summed E-state index contributed by atoms with van der Waals surface area (Å²) in [5, 5.41) is 1.56. The van der Waals surface area contributed by atoms with E-state index in [2.05, 4.69) is 131 Å². The second kappa shape index (κ2) is 9.76. The van der Waals surface area contributed by atoms with Crippen molar-refractivity contribution in [3.8, 4) is 0 Å². The molecule has 0 spiro atoms. The SMILES string of the molecule is CC1=C(c2ccccc2)[P@@]2C[C@]1(C)[C@H](c1ccccc1)C2[C@@H](N[S+]([O-])C(C)(C)C)c1ccc(C)cc1. The fourth-order valence-electron chi connectivity index (χ4n) is 6.16. The van der Waals surface area contributed by atoms with Crippen LogP contribution >= 0.6 is 7.92 Å². The molecular weight excluding hydrogens is 477 g/mol. The fraction of sp³-hybridized carbons (Fsp3) is 0.375. The molecular formula is C32H38NOPS. The van der Waals surface area contributed by atoms with E-state index in [-0.39, 0.29) is 16.2 Å². The van der Waals surface area contributed by atoms with E-state index in [1.165, 1.54) is 28.4 Å². The van der Waals surface area contributed by atoms with Crippen LogP contribution in [0.1, 0.15) is 68.8 Å². The van der Waals surface area contributed by atoms with Gasteiger partial charge in [-0.05, 0) is 62.8 Å². The average Bonchev–Trinajstić information content (AvgIpc) is 3.31. The lowest BCUT2D eigenvalue weighted by atomic mass is 9.67. The van der Waals surface area contributed by atoms with Crippen LogP contribution in [0.4, 0.5) is 0 Å². The van der Waals surface area contributed by atoms with Crippen LogP contribution in [0.2, 0.25) is 0 Å². The summed E-state index contributed by atoms with van der Waals surface area (Å²) in [7, 11) is -0.477.